The first kappa shape index (κ1) is 25.2. The van der Waals surface area contributed by atoms with Gasteiger partial charge >= 0.3 is 0 Å². The van der Waals surface area contributed by atoms with Crippen molar-refractivity contribution in [3.05, 3.63) is 17.0 Å². The molecule has 8 heteroatoms. The number of halogens is 1. The number of guanidine groups is 1. The minimum absolute atomic E-state index is 0. The van der Waals surface area contributed by atoms with Gasteiger partial charge in [0.05, 0.1) is 12.2 Å². The van der Waals surface area contributed by atoms with E-state index in [9.17, 15) is 0 Å². The van der Waals surface area contributed by atoms with E-state index in [1.807, 2.05) is 0 Å². The van der Waals surface area contributed by atoms with Crippen LogP contribution < -0.4 is 10.6 Å². The number of likely N-dealkylation sites (N-methyl/N-ethyl adjacent to an activating group) is 1. The summed E-state index contributed by atoms with van der Waals surface area (Å²) >= 11 is 0. The Morgan fingerprint density at radius 2 is 1.86 bits per heavy atom. The molecular formula is C20H39IN6O. The molecule has 2 heterocycles. The maximum absolute atomic E-state index is 5.45. The lowest BCUT2D eigenvalue weighted by molar-refractivity contribution is 0.139. The molecule has 1 aromatic rings. The minimum Gasteiger partial charge on any atom is -0.361 e. The smallest absolute Gasteiger partial charge is 0.191 e. The molecule has 1 fully saturated rings. The van der Waals surface area contributed by atoms with Gasteiger partial charge in [0.1, 0.15) is 5.76 Å². The van der Waals surface area contributed by atoms with Crippen LogP contribution in [0.2, 0.25) is 0 Å². The van der Waals surface area contributed by atoms with Crippen LogP contribution in [0.4, 0.5) is 0 Å². The molecular weight excluding hydrogens is 467 g/mol. The fourth-order valence-corrected chi connectivity index (χ4v) is 3.42. The van der Waals surface area contributed by atoms with Crippen molar-refractivity contribution in [3.8, 4) is 0 Å². The molecule has 1 saturated heterocycles. The second kappa shape index (κ2) is 13.4. The lowest BCUT2D eigenvalue weighted by atomic mass is 10.1. The van der Waals surface area contributed by atoms with Crippen LogP contribution in [0.1, 0.15) is 44.7 Å². The highest BCUT2D eigenvalue weighted by atomic mass is 127. The monoisotopic (exact) mass is 506 g/mol. The molecule has 1 atom stereocenters. The van der Waals surface area contributed by atoms with E-state index < -0.39 is 0 Å². The summed E-state index contributed by atoms with van der Waals surface area (Å²) in [6, 6.07) is 0. The van der Waals surface area contributed by atoms with Crippen LogP contribution in [0.15, 0.2) is 9.52 Å². The number of aryl methyl sites for hydroxylation is 2. The van der Waals surface area contributed by atoms with Gasteiger partial charge in [-0.25, -0.2) is 4.99 Å². The van der Waals surface area contributed by atoms with Crippen LogP contribution in [-0.2, 0) is 19.4 Å². The zero-order valence-corrected chi connectivity index (χ0v) is 20.6. The summed E-state index contributed by atoms with van der Waals surface area (Å²) in [6.45, 7) is 16.8. The van der Waals surface area contributed by atoms with E-state index in [2.05, 4.69) is 60.3 Å². The summed E-state index contributed by atoms with van der Waals surface area (Å²) in [5.41, 5.74) is 2.16. The second-order valence-corrected chi connectivity index (χ2v) is 7.52. The van der Waals surface area contributed by atoms with Crippen LogP contribution in [0.3, 0.4) is 0 Å². The Hall–Kier alpha value is -0.870. The van der Waals surface area contributed by atoms with Crippen molar-refractivity contribution in [2.75, 3.05) is 52.9 Å². The third-order valence-corrected chi connectivity index (χ3v) is 5.13. The Labute approximate surface area is 187 Å². The maximum Gasteiger partial charge on any atom is 0.191 e. The SMILES string of the molecule is CCNC(=NCc1c(CC)noc1CC)NCC(C)CN1CCN(C)CC1.I. The minimum atomic E-state index is 0. The van der Waals surface area contributed by atoms with Crippen LogP contribution >= 0.6 is 24.0 Å². The largest absolute Gasteiger partial charge is 0.361 e. The summed E-state index contributed by atoms with van der Waals surface area (Å²) < 4.78 is 5.45. The van der Waals surface area contributed by atoms with Gasteiger partial charge in [0, 0.05) is 57.8 Å². The van der Waals surface area contributed by atoms with Gasteiger partial charge in [-0.3, -0.25) is 0 Å². The Kier molecular flexibility index (Phi) is 12.0. The molecule has 1 aliphatic heterocycles. The molecule has 1 aliphatic rings. The summed E-state index contributed by atoms with van der Waals surface area (Å²) in [7, 11) is 2.20. The summed E-state index contributed by atoms with van der Waals surface area (Å²) in [6.07, 6.45) is 1.73. The van der Waals surface area contributed by atoms with Gasteiger partial charge in [-0.15, -0.1) is 24.0 Å². The average molecular weight is 506 g/mol. The first-order valence-electron chi connectivity index (χ1n) is 10.5. The van der Waals surface area contributed by atoms with E-state index in [0.29, 0.717) is 12.5 Å². The molecule has 0 bridgehead atoms. The number of nitrogens with one attached hydrogen (secondary N) is 2. The number of piperazine rings is 1. The van der Waals surface area contributed by atoms with Crippen molar-refractivity contribution in [1.29, 1.82) is 0 Å². The fourth-order valence-electron chi connectivity index (χ4n) is 3.42. The summed E-state index contributed by atoms with van der Waals surface area (Å²) in [4.78, 5) is 9.74. The normalized spacial score (nSPS) is 17.2. The van der Waals surface area contributed by atoms with Crippen molar-refractivity contribution in [2.45, 2.75) is 47.1 Å². The molecule has 0 aromatic carbocycles. The van der Waals surface area contributed by atoms with Crippen LogP contribution in [0, 0.1) is 5.92 Å². The first-order chi connectivity index (χ1) is 13.1. The van der Waals surface area contributed by atoms with Gasteiger partial charge in [0.25, 0.3) is 0 Å². The predicted octanol–water partition coefficient (Wildman–Crippen LogP) is 2.36. The topological polar surface area (TPSA) is 68.9 Å². The molecule has 0 aliphatic carbocycles. The first-order valence-corrected chi connectivity index (χ1v) is 10.5. The maximum atomic E-state index is 5.45. The van der Waals surface area contributed by atoms with Gasteiger partial charge in [-0.1, -0.05) is 25.9 Å². The molecule has 162 valence electrons. The zero-order valence-electron chi connectivity index (χ0n) is 18.3. The second-order valence-electron chi connectivity index (χ2n) is 7.52. The quantitative estimate of drug-likeness (QED) is 0.305. The van der Waals surface area contributed by atoms with Gasteiger partial charge in [0.2, 0.25) is 0 Å². The molecule has 2 N–H and O–H groups in total. The highest BCUT2D eigenvalue weighted by molar-refractivity contribution is 14.0. The van der Waals surface area contributed by atoms with Crippen molar-refractivity contribution in [1.82, 2.24) is 25.6 Å². The summed E-state index contributed by atoms with van der Waals surface area (Å²) in [5, 5.41) is 11.0. The highest BCUT2D eigenvalue weighted by Gasteiger charge is 2.16. The van der Waals surface area contributed by atoms with E-state index in [0.717, 1.165) is 55.5 Å². The summed E-state index contributed by atoms with van der Waals surface area (Å²) in [5.74, 6) is 2.40. The average Bonchev–Trinajstić information content (AvgIpc) is 3.07. The standard InChI is InChI=1S/C20H38N6O.HI/c1-6-18-17(19(7-2)27-24-18)14-23-20(21-8-3)22-13-16(4)15-26-11-9-25(5)10-12-26;/h16H,6-15H2,1-5H3,(H2,21,22,23);1H. The van der Waals surface area contributed by atoms with Crippen molar-refractivity contribution < 1.29 is 4.52 Å². The molecule has 7 nitrogen and oxygen atoms in total. The molecule has 1 aromatic heterocycles. The molecule has 1 unspecified atom stereocenters. The molecule has 0 spiro atoms. The van der Waals surface area contributed by atoms with Crippen LogP contribution in [0.25, 0.3) is 0 Å². The Bertz CT molecular complexity index is 562. The van der Waals surface area contributed by atoms with E-state index in [4.69, 9.17) is 9.52 Å². The van der Waals surface area contributed by atoms with E-state index in [1.54, 1.807) is 0 Å². The number of nitrogens with zero attached hydrogens (tertiary/aromatic N) is 4. The predicted molar refractivity (Wildman–Crippen MR) is 127 cm³/mol. The van der Waals surface area contributed by atoms with Gasteiger partial charge in [0.15, 0.2) is 5.96 Å². The van der Waals surface area contributed by atoms with Gasteiger partial charge in [-0.2, -0.15) is 0 Å². The van der Waals surface area contributed by atoms with Crippen LogP contribution in [-0.4, -0.2) is 73.8 Å². The fraction of sp³-hybridized carbons (Fsp3) is 0.800. The number of hydrogen-bond acceptors (Lipinski definition) is 5. The Morgan fingerprint density at radius 1 is 1.14 bits per heavy atom. The molecule has 0 saturated carbocycles. The highest BCUT2D eigenvalue weighted by Crippen LogP contribution is 2.16. The molecule has 0 radical (unpaired) electrons. The van der Waals surface area contributed by atoms with E-state index in [1.165, 1.54) is 26.2 Å². The zero-order chi connectivity index (χ0) is 19.6. The molecule has 28 heavy (non-hydrogen) atoms. The molecule has 2 rings (SSSR count). The lowest BCUT2D eigenvalue weighted by Gasteiger charge is -2.34. The van der Waals surface area contributed by atoms with E-state index in [-0.39, 0.29) is 24.0 Å². The Morgan fingerprint density at radius 3 is 2.46 bits per heavy atom. The van der Waals surface area contributed by atoms with Crippen molar-refractivity contribution >= 4 is 29.9 Å². The molecule has 0 amide bonds. The third kappa shape index (κ3) is 7.87. The van der Waals surface area contributed by atoms with Gasteiger partial charge < -0.3 is 25.0 Å². The Balaban J connectivity index is 0.00000392. The van der Waals surface area contributed by atoms with Gasteiger partial charge in [-0.05, 0) is 26.3 Å². The van der Waals surface area contributed by atoms with Crippen LogP contribution in [0.5, 0.6) is 0 Å². The third-order valence-electron chi connectivity index (χ3n) is 5.13. The van der Waals surface area contributed by atoms with Crippen molar-refractivity contribution in [3.63, 3.8) is 0 Å². The number of hydrogen-bond donors (Lipinski definition) is 2. The van der Waals surface area contributed by atoms with E-state index >= 15 is 0 Å². The number of rotatable bonds is 9. The number of aromatic nitrogens is 1. The van der Waals surface area contributed by atoms with Crippen molar-refractivity contribution in [2.24, 2.45) is 10.9 Å². The lowest BCUT2D eigenvalue weighted by Crippen LogP contribution is -2.47. The number of aliphatic imine (C=N–C) groups is 1.